The lowest BCUT2D eigenvalue weighted by Gasteiger charge is -2.13. The van der Waals surface area contributed by atoms with Crippen LogP contribution in [-0.2, 0) is 9.84 Å². The minimum Gasteiger partial charge on any atom is -0.496 e. The minimum absolute atomic E-state index is 0.374. The molecule has 0 aromatic heterocycles. The number of hydrogen-bond donors (Lipinski definition) is 0. The van der Waals surface area contributed by atoms with Crippen LogP contribution in [0, 0.1) is 13.8 Å². The largest absolute Gasteiger partial charge is 0.496 e. The molecule has 0 N–H and O–H groups in total. The van der Waals surface area contributed by atoms with E-state index in [0.29, 0.717) is 11.3 Å². The zero-order valence-electron chi connectivity index (χ0n) is 11.3. The summed E-state index contributed by atoms with van der Waals surface area (Å²) in [6.07, 6.45) is 1.07. The van der Waals surface area contributed by atoms with Crippen molar-refractivity contribution in [3.05, 3.63) is 28.8 Å². The van der Waals surface area contributed by atoms with Crippen LogP contribution in [0.5, 0.6) is 5.75 Å². The Bertz CT molecular complexity index is 573. The molecule has 1 unspecified atom stereocenters. The Hall–Kier alpha value is -1.36. The van der Waals surface area contributed by atoms with Crippen molar-refractivity contribution < 1.29 is 17.9 Å². The molecule has 1 rings (SSSR count). The topological polar surface area (TPSA) is 60.4 Å². The van der Waals surface area contributed by atoms with Crippen molar-refractivity contribution in [2.75, 3.05) is 13.4 Å². The Morgan fingerprint density at radius 2 is 1.78 bits per heavy atom. The molecule has 100 valence electrons. The van der Waals surface area contributed by atoms with E-state index in [4.69, 9.17) is 4.74 Å². The van der Waals surface area contributed by atoms with Crippen LogP contribution in [0.25, 0.3) is 0 Å². The maximum Gasteiger partial charge on any atom is 0.180 e. The molecule has 0 aliphatic heterocycles. The molecular weight excluding hydrogens is 252 g/mol. The van der Waals surface area contributed by atoms with Crippen LogP contribution in [0.4, 0.5) is 0 Å². The number of ether oxygens (including phenoxy) is 1. The van der Waals surface area contributed by atoms with Gasteiger partial charge in [0, 0.05) is 11.8 Å². The Labute approximate surface area is 108 Å². The number of carbonyl (C=O) groups excluding carboxylic acids is 1. The molecule has 0 saturated heterocycles. The molecule has 4 nitrogen and oxygen atoms in total. The minimum atomic E-state index is -3.38. The Morgan fingerprint density at radius 1 is 1.22 bits per heavy atom. The number of methoxy groups -OCH3 is 1. The second kappa shape index (κ2) is 5.10. The highest BCUT2D eigenvalue weighted by Gasteiger charge is 2.26. The van der Waals surface area contributed by atoms with Gasteiger partial charge in [0.1, 0.15) is 11.0 Å². The zero-order chi connectivity index (χ0) is 14.1. The van der Waals surface area contributed by atoms with Gasteiger partial charge in [-0.25, -0.2) is 8.42 Å². The van der Waals surface area contributed by atoms with E-state index in [1.807, 2.05) is 6.92 Å². The molecule has 0 radical (unpaired) electrons. The van der Waals surface area contributed by atoms with Gasteiger partial charge in [-0.15, -0.1) is 0 Å². The van der Waals surface area contributed by atoms with Gasteiger partial charge in [-0.2, -0.15) is 0 Å². The molecule has 0 spiro atoms. The summed E-state index contributed by atoms with van der Waals surface area (Å²) in [6, 6.07) is 3.43. The molecule has 0 aliphatic rings. The first kappa shape index (κ1) is 14.7. The van der Waals surface area contributed by atoms with Crippen molar-refractivity contribution in [1.29, 1.82) is 0 Å². The van der Waals surface area contributed by atoms with E-state index >= 15 is 0 Å². The highest BCUT2D eigenvalue weighted by molar-refractivity contribution is 7.92. The summed E-state index contributed by atoms with van der Waals surface area (Å²) in [7, 11) is -1.82. The van der Waals surface area contributed by atoms with E-state index in [1.54, 1.807) is 26.2 Å². The molecule has 1 aromatic rings. The molecule has 0 bridgehead atoms. The number of benzene rings is 1. The summed E-state index contributed by atoms with van der Waals surface area (Å²) >= 11 is 0. The Balaban J connectivity index is 3.27. The van der Waals surface area contributed by atoms with Crippen LogP contribution in [0.3, 0.4) is 0 Å². The zero-order valence-corrected chi connectivity index (χ0v) is 12.1. The van der Waals surface area contributed by atoms with Crippen LogP contribution in [-0.4, -0.2) is 32.8 Å². The number of rotatable bonds is 4. The molecule has 0 heterocycles. The first-order valence-electron chi connectivity index (χ1n) is 5.56. The molecule has 0 aliphatic carbocycles. The number of aryl methyl sites for hydroxylation is 2. The van der Waals surface area contributed by atoms with Crippen molar-refractivity contribution in [2.24, 2.45) is 0 Å². The van der Waals surface area contributed by atoms with Crippen molar-refractivity contribution in [3.8, 4) is 5.75 Å². The van der Waals surface area contributed by atoms with Gasteiger partial charge in [-0.1, -0.05) is 0 Å². The highest BCUT2D eigenvalue weighted by atomic mass is 32.2. The molecule has 18 heavy (non-hydrogen) atoms. The lowest BCUT2D eigenvalue weighted by Crippen LogP contribution is -2.27. The summed E-state index contributed by atoms with van der Waals surface area (Å²) < 4.78 is 28.0. The first-order valence-corrected chi connectivity index (χ1v) is 7.52. The van der Waals surface area contributed by atoms with E-state index in [-0.39, 0.29) is 5.78 Å². The summed E-state index contributed by atoms with van der Waals surface area (Å²) in [5, 5.41) is -1.02. The summed E-state index contributed by atoms with van der Waals surface area (Å²) in [5.74, 6) is 0.316. The first-order chi connectivity index (χ1) is 8.18. The third kappa shape index (κ3) is 2.90. The van der Waals surface area contributed by atoms with E-state index in [0.717, 1.165) is 17.4 Å². The summed E-state index contributed by atoms with van der Waals surface area (Å²) in [4.78, 5) is 12.1. The Morgan fingerprint density at radius 3 is 2.22 bits per heavy atom. The van der Waals surface area contributed by atoms with Gasteiger partial charge in [0.15, 0.2) is 15.6 Å². The second-order valence-electron chi connectivity index (χ2n) is 4.47. The molecule has 1 aromatic carbocycles. The van der Waals surface area contributed by atoms with Gasteiger partial charge >= 0.3 is 0 Å². The number of Topliss-reactive ketones (excluding diaryl/α,β-unsaturated/α-hetero) is 1. The van der Waals surface area contributed by atoms with Crippen molar-refractivity contribution in [2.45, 2.75) is 26.0 Å². The van der Waals surface area contributed by atoms with Crippen LogP contribution in [0.2, 0.25) is 0 Å². The second-order valence-corrected chi connectivity index (χ2v) is 6.84. The number of sulfone groups is 1. The summed E-state index contributed by atoms with van der Waals surface area (Å²) in [6.45, 7) is 5.00. The van der Waals surface area contributed by atoms with Crippen LogP contribution in [0.1, 0.15) is 28.4 Å². The monoisotopic (exact) mass is 270 g/mol. The summed E-state index contributed by atoms with van der Waals surface area (Å²) in [5.41, 5.74) is 1.97. The van der Waals surface area contributed by atoms with Crippen LogP contribution in [0.15, 0.2) is 12.1 Å². The standard InChI is InChI=1S/C13H18O4S/c1-8-7-12(17-4)9(2)6-11(8)13(14)10(3)18(5,15)16/h6-7,10H,1-5H3. The molecule has 1 atom stereocenters. The average molecular weight is 270 g/mol. The van der Waals surface area contributed by atoms with E-state index in [1.165, 1.54) is 6.92 Å². The normalized spacial score (nSPS) is 13.2. The van der Waals surface area contributed by atoms with Gasteiger partial charge in [0.2, 0.25) is 0 Å². The van der Waals surface area contributed by atoms with E-state index < -0.39 is 15.1 Å². The lowest BCUT2D eigenvalue weighted by molar-refractivity contribution is 0.0991. The van der Waals surface area contributed by atoms with E-state index in [2.05, 4.69) is 0 Å². The van der Waals surface area contributed by atoms with Gasteiger partial charge in [-0.3, -0.25) is 4.79 Å². The quantitative estimate of drug-likeness (QED) is 0.784. The Kier molecular flexibility index (Phi) is 4.16. The highest BCUT2D eigenvalue weighted by Crippen LogP contribution is 2.24. The van der Waals surface area contributed by atoms with Crippen molar-refractivity contribution >= 4 is 15.6 Å². The van der Waals surface area contributed by atoms with E-state index in [9.17, 15) is 13.2 Å². The van der Waals surface area contributed by atoms with Crippen molar-refractivity contribution in [1.82, 2.24) is 0 Å². The molecule has 5 heteroatoms. The van der Waals surface area contributed by atoms with Crippen molar-refractivity contribution in [3.63, 3.8) is 0 Å². The van der Waals surface area contributed by atoms with Gasteiger partial charge in [0.25, 0.3) is 0 Å². The fourth-order valence-electron chi connectivity index (χ4n) is 1.69. The van der Waals surface area contributed by atoms with Gasteiger partial charge in [0.05, 0.1) is 7.11 Å². The number of hydrogen-bond acceptors (Lipinski definition) is 4. The smallest absolute Gasteiger partial charge is 0.180 e. The molecule has 0 saturated carbocycles. The fourth-order valence-corrected chi connectivity index (χ4v) is 2.20. The number of ketones is 1. The van der Waals surface area contributed by atoms with Crippen LogP contribution >= 0.6 is 0 Å². The van der Waals surface area contributed by atoms with Gasteiger partial charge in [-0.05, 0) is 44.0 Å². The van der Waals surface area contributed by atoms with Gasteiger partial charge < -0.3 is 4.74 Å². The lowest BCUT2D eigenvalue weighted by atomic mass is 9.99. The maximum atomic E-state index is 12.1. The maximum absolute atomic E-state index is 12.1. The predicted octanol–water partition coefficient (Wildman–Crippen LogP) is 1.93. The number of carbonyl (C=O) groups is 1. The third-order valence-electron chi connectivity index (χ3n) is 3.02. The SMILES string of the molecule is COc1cc(C)c(C(=O)C(C)S(C)(=O)=O)cc1C. The molecular formula is C13H18O4S. The van der Waals surface area contributed by atoms with Crippen LogP contribution < -0.4 is 4.74 Å². The molecule has 0 fully saturated rings. The fraction of sp³-hybridized carbons (Fsp3) is 0.462. The average Bonchev–Trinajstić information content (AvgIpc) is 2.28. The third-order valence-corrected chi connectivity index (χ3v) is 4.52. The predicted molar refractivity (Wildman–Crippen MR) is 71.1 cm³/mol. The molecule has 0 amide bonds.